The first kappa shape index (κ1) is 19.1. The van der Waals surface area contributed by atoms with Crippen molar-refractivity contribution in [3.8, 4) is 0 Å². The number of sulfonamides is 1. The molecular formula is C18H21FN2O3S. The van der Waals surface area contributed by atoms with Gasteiger partial charge in [-0.2, -0.15) is 4.31 Å². The Balaban J connectivity index is 2.30. The molecule has 1 N–H and O–H groups in total. The molecule has 25 heavy (non-hydrogen) atoms. The van der Waals surface area contributed by atoms with Gasteiger partial charge in [-0.25, -0.2) is 12.8 Å². The number of aryl methyl sites for hydroxylation is 1. The first-order chi connectivity index (χ1) is 11.6. The Hall–Kier alpha value is -2.25. The molecule has 0 fully saturated rings. The number of hydrogen-bond acceptors (Lipinski definition) is 3. The summed E-state index contributed by atoms with van der Waals surface area (Å²) in [6, 6.07) is 9.93. The highest BCUT2D eigenvalue weighted by Gasteiger charge is 2.24. The lowest BCUT2D eigenvalue weighted by Crippen LogP contribution is -2.33. The van der Waals surface area contributed by atoms with Crippen LogP contribution in [0.2, 0.25) is 0 Å². The van der Waals surface area contributed by atoms with Crippen molar-refractivity contribution in [2.24, 2.45) is 0 Å². The Bertz CT molecular complexity index is 895. The van der Waals surface area contributed by atoms with Crippen molar-refractivity contribution in [2.45, 2.75) is 31.7 Å². The zero-order valence-electron chi connectivity index (χ0n) is 14.6. The third-order valence-electron chi connectivity index (χ3n) is 3.87. The minimum Gasteiger partial charge on any atom is -0.319 e. The molecule has 0 aromatic heterocycles. The summed E-state index contributed by atoms with van der Waals surface area (Å²) in [6.07, 6.45) is 0. The van der Waals surface area contributed by atoms with Gasteiger partial charge in [0.05, 0.1) is 10.6 Å². The van der Waals surface area contributed by atoms with Gasteiger partial charge in [0.25, 0.3) is 5.91 Å². The fourth-order valence-electron chi connectivity index (χ4n) is 2.16. The second-order valence-corrected chi connectivity index (χ2v) is 8.08. The lowest BCUT2D eigenvalue weighted by atomic mass is 10.2. The van der Waals surface area contributed by atoms with E-state index >= 15 is 0 Å². The quantitative estimate of drug-likeness (QED) is 0.884. The highest BCUT2D eigenvalue weighted by atomic mass is 32.2. The number of halogens is 1. The van der Waals surface area contributed by atoms with Crippen molar-refractivity contribution in [2.75, 3.05) is 12.4 Å². The first-order valence-corrected chi connectivity index (χ1v) is 9.22. The maximum absolute atomic E-state index is 13.9. The fourth-order valence-corrected chi connectivity index (χ4v) is 3.57. The van der Waals surface area contributed by atoms with Crippen molar-refractivity contribution >= 4 is 21.6 Å². The standard InChI is InChI=1S/C18H21FN2O3S/c1-12(2)21(4)25(23,24)15-7-5-6-14(11-15)18(22)20-17-9-8-13(3)10-16(17)19/h5-12H,1-4H3,(H,20,22). The SMILES string of the molecule is Cc1ccc(NC(=O)c2cccc(S(=O)(=O)N(C)C(C)C)c2)c(F)c1. The number of nitrogens with one attached hydrogen (secondary N) is 1. The predicted octanol–water partition coefficient (Wildman–Crippen LogP) is 3.42. The van der Waals surface area contributed by atoms with Gasteiger partial charge in [-0.3, -0.25) is 4.79 Å². The molecule has 0 bridgehead atoms. The molecule has 0 saturated carbocycles. The van der Waals surface area contributed by atoms with E-state index in [2.05, 4.69) is 5.32 Å². The summed E-state index contributed by atoms with van der Waals surface area (Å²) in [6.45, 7) is 5.26. The molecule has 0 aliphatic rings. The molecule has 0 saturated heterocycles. The Morgan fingerprint density at radius 3 is 2.44 bits per heavy atom. The Kier molecular flexibility index (Phi) is 5.59. The lowest BCUT2D eigenvalue weighted by Gasteiger charge is -2.21. The molecule has 0 unspecified atom stereocenters. The molecule has 0 aliphatic heterocycles. The molecule has 2 aromatic carbocycles. The molecule has 5 nitrogen and oxygen atoms in total. The van der Waals surface area contributed by atoms with E-state index in [0.29, 0.717) is 0 Å². The van der Waals surface area contributed by atoms with E-state index in [1.54, 1.807) is 26.8 Å². The van der Waals surface area contributed by atoms with Crippen LogP contribution in [0.1, 0.15) is 29.8 Å². The monoisotopic (exact) mass is 364 g/mol. The van der Waals surface area contributed by atoms with E-state index in [0.717, 1.165) is 5.56 Å². The zero-order valence-corrected chi connectivity index (χ0v) is 15.4. The number of hydrogen-bond donors (Lipinski definition) is 1. The fraction of sp³-hybridized carbons (Fsp3) is 0.278. The van der Waals surface area contributed by atoms with Crippen LogP contribution in [0.4, 0.5) is 10.1 Å². The van der Waals surface area contributed by atoms with Crippen LogP contribution in [-0.2, 0) is 10.0 Å². The van der Waals surface area contributed by atoms with Gasteiger partial charge in [-0.15, -0.1) is 0 Å². The Morgan fingerprint density at radius 1 is 1.16 bits per heavy atom. The molecule has 0 atom stereocenters. The van der Waals surface area contributed by atoms with Gasteiger partial charge in [-0.1, -0.05) is 12.1 Å². The van der Waals surface area contributed by atoms with Gasteiger partial charge in [0.2, 0.25) is 10.0 Å². The van der Waals surface area contributed by atoms with Crippen LogP contribution in [0.3, 0.4) is 0 Å². The van der Waals surface area contributed by atoms with E-state index in [9.17, 15) is 17.6 Å². The second-order valence-electron chi connectivity index (χ2n) is 6.08. The average Bonchev–Trinajstić information content (AvgIpc) is 2.56. The summed E-state index contributed by atoms with van der Waals surface area (Å²) in [7, 11) is -2.22. The van der Waals surface area contributed by atoms with Gasteiger partial charge in [0.15, 0.2) is 0 Å². The van der Waals surface area contributed by atoms with Crippen LogP contribution in [0, 0.1) is 12.7 Å². The van der Waals surface area contributed by atoms with Crippen LogP contribution in [0.5, 0.6) is 0 Å². The predicted molar refractivity (Wildman–Crippen MR) is 95.6 cm³/mol. The average molecular weight is 364 g/mol. The zero-order chi connectivity index (χ0) is 18.8. The molecule has 134 valence electrons. The van der Waals surface area contributed by atoms with Crippen LogP contribution >= 0.6 is 0 Å². The summed E-state index contributed by atoms with van der Waals surface area (Å²) >= 11 is 0. The number of amides is 1. The van der Waals surface area contributed by atoms with Crippen molar-refractivity contribution in [1.82, 2.24) is 4.31 Å². The van der Waals surface area contributed by atoms with Crippen molar-refractivity contribution in [1.29, 1.82) is 0 Å². The molecule has 0 heterocycles. The number of rotatable bonds is 5. The highest BCUT2D eigenvalue weighted by Crippen LogP contribution is 2.20. The van der Waals surface area contributed by atoms with Gasteiger partial charge < -0.3 is 5.32 Å². The van der Waals surface area contributed by atoms with E-state index in [1.807, 2.05) is 0 Å². The smallest absolute Gasteiger partial charge is 0.255 e. The normalized spacial score (nSPS) is 11.8. The summed E-state index contributed by atoms with van der Waals surface area (Å²) in [4.78, 5) is 12.4. The number of carbonyl (C=O) groups is 1. The van der Waals surface area contributed by atoms with Gasteiger partial charge in [-0.05, 0) is 56.7 Å². The first-order valence-electron chi connectivity index (χ1n) is 7.78. The lowest BCUT2D eigenvalue weighted by molar-refractivity contribution is 0.102. The molecule has 0 aliphatic carbocycles. The summed E-state index contributed by atoms with van der Waals surface area (Å²) < 4.78 is 40.2. The van der Waals surface area contributed by atoms with E-state index in [4.69, 9.17) is 0 Å². The van der Waals surface area contributed by atoms with Crippen molar-refractivity contribution < 1.29 is 17.6 Å². The summed E-state index contributed by atoms with van der Waals surface area (Å²) in [5, 5.41) is 2.46. The van der Waals surface area contributed by atoms with Crippen molar-refractivity contribution in [3.63, 3.8) is 0 Å². The molecule has 1 amide bonds. The number of nitrogens with zero attached hydrogens (tertiary/aromatic N) is 1. The van der Waals surface area contributed by atoms with E-state index in [1.165, 1.54) is 47.8 Å². The van der Waals surface area contributed by atoms with Gasteiger partial charge in [0.1, 0.15) is 5.82 Å². The molecule has 7 heteroatoms. The third-order valence-corrected chi connectivity index (χ3v) is 5.90. The van der Waals surface area contributed by atoms with Gasteiger partial charge in [0, 0.05) is 18.7 Å². The van der Waals surface area contributed by atoms with Crippen LogP contribution in [0.25, 0.3) is 0 Å². The summed E-state index contributed by atoms with van der Waals surface area (Å²) in [5.74, 6) is -1.12. The Labute approximate surface area is 147 Å². The van der Waals surface area contributed by atoms with Crippen molar-refractivity contribution in [3.05, 3.63) is 59.4 Å². The number of anilines is 1. The Morgan fingerprint density at radius 2 is 1.84 bits per heavy atom. The van der Waals surface area contributed by atoms with Crippen LogP contribution < -0.4 is 5.32 Å². The molecule has 2 rings (SSSR count). The maximum atomic E-state index is 13.9. The molecule has 2 aromatic rings. The minimum atomic E-state index is -3.70. The maximum Gasteiger partial charge on any atom is 0.255 e. The minimum absolute atomic E-state index is 0.0146. The molecule has 0 radical (unpaired) electrons. The number of carbonyl (C=O) groups excluding carboxylic acids is 1. The van der Waals surface area contributed by atoms with E-state index in [-0.39, 0.29) is 22.2 Å². The van der Waals surface area contributed by atoms with Crippen LogP contribution in [-0.4, -0.2) is 31.7 Å². The highest BCUT2D eigenvalue weighted by molar-refractivity contribution is 7.89. The molecule has 0 spiro atoms. The summed E-state index contributed by atoms with van der Waals surface area (Å²) in [5.41, 5.74) is 0.918. The largest absolute Gasteiger partial charge is 0.319 e. The van der Waals surface area contributed by atoms with Gasteiger partial charge >= 0.3 is 0 Å². The number of benzene rings is 2. The topological polar surface area (TPSA) is 66.5 Å². The van der Waals surface area contributed by atoms with E-state index < -0.39 is 21.7 Å². The van der Waals surface area contributed by atoms with Crippen LogP contribution in [0.15, 0.2) is 47.4 Å². The molecular weight excluding hydrogens is 343 g/mol. The third kappa shape index (κ3) is 4.24. The second kappa shape index (κ2) is 7.33.